The van der Waals surface area contributed by atoms with E-state index in [-0.39, 0.29) is 21.9 Å². The minimum absolute atomic E-state index is 0.00356. The molecule has 2 rings (SSSR count). The Hall–Kier alpha value is -2.12. The molecule has 1 heterocycles. The molecule has 8 nitrogen and oxygen atoms in total. The summed E-state index contributed by atoms with van der Waals surface area (Å²) in [4.78, 5) is 1.90. The molecule has 30 heavy (non-hydrogen) atoms. The summed E-state index contributed by atoms with van der Waals surface area (Å²) in [5.74, 6) is -3.65. The van der Waals surface area contributed by atoms with Gasteiger partial charge >= 0.3 is 5.76 Å². The first-order valence-corrected chi connectivity index (χ1v) is 11.3. The topological polar surface area (TPSA) is 92.4 Å². The van der Waals surface area contributed by atoms with Crippen molar-refractivity contribution in [3.63, 3.8) is 0 Å². The van der Waals surface area contributed by atoms with Gasteiger partial charge in [0.2, 0.25) is 0 Å². The van der Waals surface area contributed by atoms with E-state index in [0.29, 0.717) is 18.8 Å². The number of aromatic nitrogens is 2. The number of azo groups is 1. The molecule has 0 fully saturated rings. The Labute approximate surface area is 177 Å². The van der Waals surface area contributed by atoms with Gasteiger partial charge in [-0.2, -0.15) is 13.1 Å². The maximum Gasteiger partial charge on any atom is 0.345 e. The monoisotopic (exact) mass is 464 g/mol. The van der Waals surface area contributed by atoms with Crippen LogP contribution in [0, 0.1) is 0 Å². The fraction of sp³-hybridized carbons (Fsp3) is 0.529. The second kappa shape index (κ2) is 9.79. The van der Waals surface area contributed by atoms with Gasteiger partial charge in [0.1, 0.15) is 16.4 Å². The molecule has 0 aliphatic carbocycles. The third kappa shape index (κ3) is 5.73. The SMILES string of the molecule is CCN(CC)c1ccc(N=Nc2nnc(C(C)(C)C)s2)c(N=S(=O)(OF)C(F)F)c1. The zero-order chi connectivity index (χ0) is 22.5. The number of alkyl halides is 2. The van der Waals surface area contributed by atoms with Crippen LogP contribution >= 0.6 is 11.3 Å². The Balaban J connectivity index is 2.54. The molecule has 13 heteroatoms. The van der Waals surface area contributed by atoms with Gasteiger partial charge in [0.25, 0.3) is 15.1 Å². The fourth-order valence-electron chi connectivity index (χ4n) is 2.33. The van der Waals surface area contributed by atoms with Crippen LogP contribution in [0.1, 0.15) is 39.6 Å². The highest BCUT2D eigenvalue weighted by molar-refractivity contribution is 7.89. The van der Waals surface area contributed by atoms with Gasteiger partial charge in [-0.3, -0.25) is 0 Å². The molecule has 0 saturated carbocycles. The molecule has 0 aliphatic heterocycles. The lowest BCUT2D eigenvalue weighted by Gasteiger charge is -2.21. The number of hydrogen-bond acceptors (Lipinski definition) is 9. The zero-order valence-corrected chi connectivity index (χ0v) is 18.8. The van der Waals surface area contributed by atoms with Crippen molar-refractivity contribution >= 4 is 43.5 Å². The summed E-state index contributed by atoms with van der Waals surface area (Å²) in [5, 5.41) is 16.9. The minimum atomic E-state index is -4.89. The third-order valence-corrected chi connectivity index (χ3v) is 6.24. The molecule has 2 aromatic rings. The highest BCUT2D eigenvalue weighted by atomic mass is 32.2. The summed E-state index contributed by atoms with van der Waals surface area (Å²) in [6.07, 6.45) is 0. The minimum Gasteiger partial charge on any atom is -0.372 e. The van der Waals surface area contributed by atoms with Gasteiger partial charge in [-0.15, -0.1) is 20.4 Å². The maximum atomic E-state index is 13.0. The van der Waals surface area contributed by atoms with Gasteiger partial charge < -0.3 is 4.90 Å². The van der Waals surface area contributed by atoms with Crippen molar-refractivity contribution in [3.05, 3.63) is 23.2 Å². The van der Waals surface area contributed by atoms with E-state index in [2.05, 4.69) is 29.2 Å². The lowest BCUT2D eigenvalue weighted by Crippen LogP contribution is -2.21. The first-order chi connectivity index (χ1) is 14.0. The molecule has 0 N–H and O–H groups in total. The first kappa shape index (κ1) is 24.2. The van der Waals surface area contributed by atoms with Crippen LogP contribution in [0.3, 0.4) is 0 Å². The summed E-state index contributed by atoms with van der Waals surface area (Å²) in [5.41, 5.74) is 0.146. The van der Waals surface area contributed by atoms with E-state index in [1.165, 1.54) is 23.5 Å². The van der Waals surface area contributed by atoms with Gasteiger partial charge in [-0.25, -0.2) is 4.21 Å². The van der Waals surface area contributed by atoms with Crippen LogP contribution in [0.25, 0.3) is 0 Å². The van der Waals surface area contributed by atoms with Crippen LogP contribution in [-0.4, -0.2) is 33.3 Å². The Kier molecular flexibility index (Phi) is 7.88. The van der Waals surface area contributed by atoms with Crippen molar-refractivity contribution < 1.29 is 21.9 Å². The van der Waals surface area contributed by atoms with E-state index in [1.54, 1.807) is 6.07 Å². The molecule has 1 aromatic carbocycles. The molecule has 0 amide bonds. The van der Waals surface area contributed by atoms with Crippen molar-refractivity contribution in [2.45, 2.75) is 45.8 Å². The summed E-state index contributed by atoms with van der Waals surface area (Å²) < 4.78 is 57.0. The third-order valence-electron chi connectivity index (χ3n) is 3.93. The largest absolute Gasteiger partial charge is 0.372 e. The predicted molar refractivity (Wildman–Crippen MR) is 111 cm³/mol. The molecule has 0 spiro atoms. The van der Waals surface area contributed by atoms with Crippen LogP contribution in [-0.2, 0) is 19.8 Å². The number of anilines is 1. The van der Waals surface area contributed by atoms with Crippen LogP contribution in [0.2, 0.25) is 0 Å². The molecule has 0 saturated heterocycles. The Morgan fingerprint density at radius 2 is 1.83 bits per heavy atom. The number of benzene rings is 1. The molecule has 0 aliphatic rings. The summed E-state index contributed by atoms with van der Waals surface area (Å²) >= 11 is 1.22. The first-order valence-electron chi connectivity index (χ1n) is 9.03. The molecule has 166 valence electrons. The number of nitrogens with zero attached hydrogens (tertiary/aromatic N) is 6. The molecule has 1 unspecified atom stereocenters. The van der Waals surface area contributed by atoms with E-state index in [1.807, 2.05) is 39.5 Å². The summed E-state index contributed by atoms with van der Waals surface area (Å²) in [6, 6.07) is 4.52. The van der Waals surface area contributed by atoms with Gasteiger partial charge in [0.05, 0.1) is 0 Å². The molecular weight excluding hydrogens is 441 g/mol. The van der Waals surface area contributed by atoms with E-state index in [4.69, 9.17) is 0 Å². The molecule has 1 atom stereocenters. The van der Waals surface area contributed by atoms with E-state index in [0.717, 1.165) is 5.01 Å². The lowest BCUT2D eigenvalue weighted by molar-refractivity contribution is -0.000950. The van der Waals surface area contributed by atoms with Gasteiger partial charge in [-0.1, -0.05) is 36.5 Å². The Morgan fingerprint density at radius 3 is 2.33 bits per heavy atom. The maximum absolute atomic E-state index is 13.0. The van der Waals surface area contributed by atoms with E-state index in [9.17, 15) is 17.5 Å². The second-order valence-corrected chi connectivity index (χ2v) is 9.77. The molecule has 0 bridgehead atoms. The van der Waals surface area contributed by atoms with Crippen LogP contribution in [0.5, 0.6) is 0 Å². The standard InChI is InChI=1S/C17H23F3N6O2S2/c1-6-26(7-2)11-8-9-12(13(10-11)25-30(27,28-20)15(18)19)21-23-16-24-22-14(29-16)17(3,4)5/h8-10,15H,6-7H2,1-5H3. The number of rotatable bonds is 8. The van der Waals surface area contributed by atoms with Crippen LogP contribution in [0.15, 0.2) is 32.8 Å². The van der Waals surface area contributed by atoms with E-state index < -0.39 is 15.8 Å². The lowest BCUT2D eigenvalue weighted by atomic mass is 9.98. The average molecular weight is 465 g/mol. The highest BCUT2D eigenvalue weighted by Gasteiger charge is 2.26. The quantitative estimate of drug-likeness (QED) is 0.432. The number of halogens is 3. The molecular formula is C17H23F3N6O2S2. The Bertz CT molecular complexity index is 1010. The molecule has 0 radical (unpaired) electrons. The van der Waals surface area contributed by atoms with Crippen molar-refractivity contribution in [1.29, 1.82) is 0 Å². The van der Waals surface area contributed by atoms with E-state index >= 15 is 0 Å². The second-order valence-electron chi connectivity index (χ2n) is 7.12. The zero-order valence-electron chi connectivity index (χ0n) is 17.2. The van der Waals surface area contributed by atoms with Gasteiger partial charge in [0.15, 0.2) is 0 Å². The number of hydrogen-bond donors (Lipinski definition) is 0. The normalized spacial score (nSPS) is 14.3. The predicted octanol–water partition coefficient (Wildman–Crippen LogP) is 6.24. The van der Waals surface area contributed by atoms with Crippen molar-refractivity contribution in [3.8, 4) is 0 Å². The highest BCUT2D eigenvalue weighted by Crippen LogP contribution is 2.37. The van der Waals surface area contributed by atoms with Crippen molar-refractivity contribution in [1.82, 2.24) is 10.2 Å². The van der Waals surface area contributed by atoms with Crippen LogP contribution in [0.4, 0.5) is 35.5 Å². The molecule has 1 aromatic heterocycles. The van der Waals surface area contributed by atoms with Gasteiger partial charge in [-0.05, 0) is 36.6 Å². The van der Waals surface area contributed by atoms with Gasteiger partial charge in [0, 0.05) is 24.2 Å². The summed E-state index contributed by atoms with van der Waals surface area (Å²) in [7, 11) is -4.89. The van der Waals surface area contributed by atoms with Crippen molar-refractivity contribution in [2.75, 3.05) is 18.0 Å². The smallest absolute Gasteiger partial charge is 0.345 e. The average Bonchev–Trinajstić information content (AvgIpc) is 3.17. The Morgan fingerprint density at radius 1 is 1.17 bits per heavy atom. The summed E-state index contributed by atoms with van der Waals surface area (Å²) in [6.45, 7) is 11.0. The fourth-order valence-corrected chi connectivity index (χ4v) is 3.64. The van der Waals surface area contributed by atoms with Crippen LogP contribution < -0.4 is 4.90 Å². The van der Waals surface area contributed by atoms with Crippen molar-refractivity contribution in [2.24, 2.45) is 14.6 Å².